The third-order valence-corrected chi connectivity index (χ3v) is 1.31. The second-order valence-corrected chi connectivity index (χ2v) is 2.84. The van der Waals surface area contributed by atoms with E-state index >= 15 is 0 Å². The van der Waals surface area contributed by atoms with Gasteiger partial charge in [0, 0.05) is 6.42 Å². The standard InChI is InChI=1S/C6H12O2.C4H6O4/c1-3-5-6(7)8-4-2;5-3(6)1-2-4(7)8/h3-5H2,1-2H3;1-2H2,(H,5,6)(H,7,8). The van der Waals surface area contributed by atoms with Gasteiger partial charge in [-0.25, -0.2) is 0 Å². The van der Waals surface area contributed by atoms with Crippen LogP contribution in [0.3, 0.4) is 0 Å². The van der Waals surface area contributed by atoms with E-state index < -0.39 is 11.9 Å². The minimum absolute atomic E-state index is 0.0880. The zero-order valence-corrected chi connectivity index (χ0v) is 9.56. The molecule has 0 bridgehead atoms. The quantitative estimate of drug-likeness (QED) is 0.671. The predicted octanol–water partition coefficient (Wildman–Crippen LogP) is 1.29. The van der Waals surface area contributed by atoms with Crippen LogP contribution in [0.2, 0.25) is 0 Å². The van der Waals surface area contributed by atoms with Gasteiger partial charge in [-0.15, -0.1) is 0 Å². The van der Waals surface area contributed by atoms with Crippen LogP contribution in [0.15, 0.2) is 0 Å². The van der Waals surface area contributed by atoms with Gasteiger partial charge in [0.2, 0.25) is 0 Å². The number of esters is 1. The fourth-order valence-electron chi connectivity index (χ4n) is 0.651. The SMILES string of the molecule is CCCC(=O)OCC.O=C(O)CCC(=O)O. The number of rotatable bonds is 6. The minimum atomic E-state index is -1.08. The van der Waals surface area contributed by atoms with Crippen molar-refractivity contribution in [1.82, 2.24) is 0 Å². The number of aliphatic carboxylic acids is 2. The summed E-state index contributed by atoms with van der Waals surface area (Å²) in [6, 6.07) is 0. The summed E-state index contributed by atoms with van der Waals surface area (Å²) < 4.78 is 4.64. The molecule has 0 heterocycles. The van der Waals surface area contributed by atoms with Crippen molar-refractivity contribution >= 4 is 17.9 Å². The predicted molar refractivity (Wildman–Crippen MR) is 56.0 cm³/mol. The molecule has 0 radical (unpaired) electrons. The van der Waals surface area contributed by atoms with Crippen molar-refractivity contribution in [2.24, 2.45) is 0 Å². The molecule has 0 aliphatic heterocycles. The fraction of sp³-hybridized carbons (Fsp3) is 0.700. The Kier molecular flexibility index (Phi) is 12.1. The molecule has 0 rings (SSSR count). The Morgan fingerprint density at radius 3 is 1.62 bits per heavy atom. The monoisotopic (exact) mass is 234 g/mol. The van der Waals surface area contributed by atoms with Crippen LogP contribution >= 0.6 is 0 Å². The molecule has 0 aromatic rings. The van der Waals surface area contributed by atoms with Crippen LogP contribution in [0, 0.1) is 0 Å². The molecule has 0 spiro atoms. The topological polar surface area (TPSA) is 101 Å². The number of carbonyl (C=O) groups is 3. The summed E-state index contributed by atoms with van der Waals surface area (Å²) in [6.45, 7) is 4.27. The fourth-order valence-corrected chi connectivity index (χ4v) is 0.651. The van der Waals surface area contributed by atoms with Crippen molar-refractivity contribution in [3.8, 4) is 0 Å². The molecule has 6 nitrogen and oxygen atoms in total. The van der Waals surface area contributed by atoms with Crippen LogP contribution in [0.1, 0.15) is 39.5 Å². The van der Waals surface area contributed by atoms with Crippen LogP contribution < -0.4 is 0 Å². The van der Waals surface area contributed by atoms with E-state index in [9.17, 15) is 14.4 Å². The Balaban J connectivity index is 0. The summed E-state index contributed by atoms with van der Waals surface area (Å²) in [6.07, 6.45) is 0.831. The number of hydrogen-bond acceptors (Lipinski definition) is 4. The van der Waals surface area contributed by atoms with Gasteiger partial charge >= 0.3 is 17.9 Å². The number of carboxylic acids is 2. The van der Waals surface area contributed by atoms with Crippen molar-refractivity contribution in [3.63, 3.8) is 0 Å². The first kappa shape index (κ1) is 16.8. The van der Waals surface area contributed by atoms with Crippen LogP contribution in [-0.4, -0.2) is 34.7 Å². The average Bonchev–Trinajstić information content (AvgIpc) is 2.16. The van der Waals surface area contributed by atoms with Gasteiger partial charge in [0.25, 0.3) is 0 Å². The Labute approximate surface area is 94.2 Å². The molecule has 0 aromatic carbocycles. The molecule has 0 atom stereocenters. The summed E-state index contributed by atoms with van der Waals surface area (Å²) >= 11 is 0. The minimum Gasteiger partial charge on any atom is -0.481 e. The van der Waals surface area contributed by atoms with Gasteiger partial charge in [0.1, 0.15) is 0 Å². The average molecular weight is 234 g/mol. The zero-order chi connectivity index (χ0) is 13.0. The largest absolute Gasteiger partial charge is 0.481 e. The Hall–Kier alpha value is -1.59. The van der Waals surface area contributed by atoms with E-state index in [1.165, 1.54) is 0 Å². The second-order valence-electron chi connectivity index (χ2n) is 2.84. The van der Waals surface area contributed by atoms with Crippen LogP contribution in [0.25, 0.3) is 0 Å². The highest BCUT2D eigenvalue weighted by Gasteiger charge is 2.00. The Morgan fingerprint density at radius 2 is 1.38 bits per heavy atom. The molecule has 0 saturated carbocycles. The molecular weight excluding hydrogens is 216 g/mol. The normalized spacial score (nSPS) is 8.62. The zero-order valence-electron chi connectivity index (χ0n) is 9.56. The molecule has 16 heavy (non-hydrogen) atoms. The van der Waals surface area contributed by atoms with Gasteiger partial charge in [0.05, 0.1) is 19.4 Å². The van der Waals surface area contributed by atoms with E-state index in [1.54, 1.807) is 0 Å². The molecule has 0 aromatic heterocycles. The Bertz CT molecular complexity index is 201. The number of carbonyl (C=O) groups excluding carboxylic acids is 1. The smallest absolute Gasteiger partial charge is 0.305 e. The third-order valence-electron chi connectivity index (χ3n) is 1.31. The maximum atomic E-state index is 10.4. The van der Waals surface area contributed by atoms with Crippen molar-refractivity contribution in [2.45, 2.75) is 39.5 Å². The molecule has 94 valence electrons. The van der Waals surface area contributed by atoms with Crippen molar-refractivity contribution < 1.29 is 29.3 Å². The number of ether oxygens (including phenoxy) is 1. The van der Waals surface area contributed by atoms with Crippen molar-refractivity contribution in [3.05, 3.63) is 0 Å². The lowest BCUT2D eigenvalue weighted by atomic mass is 10.3. The van der Waals surface area contributed by atoms with Crippen LogP contribution in [-0.2, 0) is 19.1 Å². The van der Waals surface area contributed by atoms with E-state index in [4.69, 9.17) is 10.2 Å². The summed E-state index contributed by atoms with van der Waals surface area (Å²) in [4.78, 5) is 29.7. The highest BCUT2D eigenvalue weighted by Crippen LogP contribution is 1.89. The van der Waals surface area contributed by atoms with Gasteiger partial charge < -0.3 is 14.9 Å². The highest BCUT2D eigenvalue weighted by atomic mass is 16.5. The molecule has 0 fully saturated rings. The molecular formula is C10H18O6. The van der Waals surface area contributed by atoms with Gasteiger partial charge in [-0.2, -0.15) is 0 Å². The third kappa shape index (κ3) is 18.2. The summed E-state index contributed by atoms with van der Waals surface area (Å²) in [7, 11) is 0. The number of hydrogen-bond donors (Lipinski definition) is 2. The lowest BCUT2D eigenvalue weighted by Gasteiger charge is -1.96. The molecule has 0 saturated heterocycles. The Morgan fingerprint density at radius 1 is 0.938 bits per heavy atom. The second kappa shape index (κ2) is 11.5. The lowest BCUT2D eigenvalue weighted by molar-refractivity contribution is -0.143. The first-order valence-electron chi connectivity index (χ1n) is 5.03. The lowest BCUT2D eigenvalue weighted by Crippen LogP contribution is -2.01. The molecule has 0 aliphatic rings. The van der Waals surface area contributed by atoms with Crippen LogP contribution in [0.5, 0.6) is 0 Å². The first-order valence-corrected chi connectivity index (χ1v) is 5.03. The molecule has 0 unspecified atom stereocenters. The van der Waals surface area contributed by atoms with Crippen molar-refractivity contribution in [2.75, 3.05) is 6.61 Å². The van der Waals surface area contributed by atoms with E-state index in [0.29, 0.717) is 13.0 Å². The maximum Gasteiger partial charge on any atom is 0.305 e. The van der Waals surface area contributed by atoms with Gasteiger partial charge in [-0.05, 0) is 13.3 Å². The molecule has 6 heteroatoms. The highest BCUT2D eigenvalue weighted by molar-refractivity contribution is 5.75. The number of carboxylic acid groups (broad SMARTS) is 2. The van der Waals surface area contributed by atoms with E-state index in [-0.39, 0.29) is 18.8 Å². The first-order chi connectivity index (χ1) is 7.43. The van der Waals surface area contributed by atoms with Gasteiger partial charge in [-0.1, -0.05) is 6.92 Å². The van der Waals surface area contributed by atoms with Crippen molar-refractivity contribution in [1.29, 1.82) is 0 Å². The summed E-state index contributed by atoms with van der Waals surface area (Å²) in [5.74, 6) is -2.24. The van der Waals surface area contributed by atoms with E-state index in [1.807, 2.05) is 13.8 Å². The summed E-state index contributed by atoms with van der Waals surface area (Å²) in [5, 5.41) is 15.8. The maximum absolute atomic E-state index is 10.4. The molecule has 0 aliphatic carbocycles. The van der Waals surface area contributed by atoms with Gasteiger partial charge in [0.15, 0.2) is 0 Å². The van der Waals surface area contributed by atoms with Crippen LogP contribution in [0.4, 0.5) is 0 Å². The van der Waals surface area contributed by atoms with Gasteiger partial charge in [-0.3, -0.25) is 14.4 Å². The van der Waals surface area contributed by atoms with E-state index in [0.717, 1.165) is 6.42 Å². The summed E-state index contributed by atoms with van der Waals surface area (Å²) in [5.41, 5.74) is 0. The molecule has 0 amide bonds. The molecule has 2 N–H and O–H groups in total. The van der Waals surface area contributed by atoms with E-state index in [2.05, 4.69) is 4.74 Å².